The summed E-state index contributed by atoms with van der Waals surface area (Å²) in [4.78, 5) is 7.72. The maximum atomic E-state index is 12.3. The molecule has 3 aromatic rings. The van der Waals surface area contributed by atoms with Crippen LogP contribution in [-0.2, 0) is 6.42 Å². The van der Waals surface area contributed by atoms with Gasteiger partial charge in [0.1, 0.15) is 5.75 Å². The fourth-order valence-corrected chi connectivity index (χ4v) is 2.42. The lowest BCUT2D eigenvalue weighted by Crippen LogP contribution is -1.92. The molecule has 0 saturated carbocycles. The van der Waals surface area contributed by atoms with Crippen molar-refractivity contribution in [1.82, 2.24) is 9.97 Å². The first-order valence-corrected chi connectivity index (χ1v) is 6.33. The Hall–Kier alpha value is -2.10. The molecule has 98 valence electrons. The molecule has 0 radical (unpaired) electrons. The van der Waals surface area contributed by atoms with Crippen LogP contribution in [0.25, 0.3) is 21.8 Å². The van der Waals surface area contributed by atoms with Crippen LogP contribution in [0.1, 0.15) is 12.1 Å². The van der Waals surface area contributed by atoms with Gasteiger partial charge in [-0.15, -0.1) is 0 Å². The third-order valence-electron chi connectivity index (χ3n) is 3.35. The molecule has 0 unspecified atom stereocenters. The van der Waals surface area contributed by atoms with E-state index in [4.69, 9.17) is 4.74 Å². The second kappa shape index (κ2) is 4.88. The van der Waals surface area contributed by atoms with Crippen LogP contribution in [0.15, 0.2) is 30.5 Å². The van der Waals surface area contributed by atoms with Gasteiger partial charge >= 0.3 is 0 Å². The fraction of sp³-hybridized carbons (Fsp3) is 0.267. The van der Waals surface area contributed by atoms with Crippen LogP contribution in [-0.4, -0.2) is 23.8 Å². The number of benzene rings is 1. The summed E-state index contributed by atoms with van der Waals surface area (Å²) in [7, 11) is 1.65. The van der Waals surface area contributed by atoms with E-state index in [1.54, 1.807) is 13.3 Å². The lowest BCUT2D eigenvalue weighted by atomic mass is 10.1. The molecule has 0 bridgehead atoms. The molecule has 0 saturated heterocycles. The Morgan fingerprint density at radius 3 is 2.95 bits per heavy atom. The zero-order valence-corrected chi connectivity index (χ0v) is 10.7. The zero-order valence-electron chi connectivity index (χ0n) is 10.7. The third kappa shape index (κ3) is 2.03. The number of nitrogens with one attached hydrogen (secondary N) is 1. The van der Waals surface area contributed by atoms with Crippen molar-refractivity contribution < 1.29 is 9.13 Å². The van der Waals surface area contributed by atoms with Gasteiger partial charge in [-0.25, -0.2) is 0 Å². The van der Waals surface area contributed by atoms with Crippen LogP contribution in [0, 0.1) is 0 Å². The molecular formula is C15H15FN2O. The smallest absolute Gasteiger partial charge is 0.120 e. The van der Waals surface area contributed by atoms with Crippen molar-refractivity contribution >= 4 is 21.8 Å². The normalized spacial score (nSPS) is 11.3. The molecule has 4 heteroatoms. The Labute approximate surface area is 110 Å². The number of halogens is 1. The number of fused-ring (bicyclic) bond motifs is 3. The Morgan fingerprint density at radius 1 is 1.26 bits per heavy atom. The Bertz CT molecular complexity index is 721. The van der Waals surface area contributed by atoms with Gasteiger partial charge in [-0.2, -0.15) is 0 Å². The summed E-state index contributed by atoms with van der Waals surface area (Å²) >= 11 is 0. The van der Waals surface area contributed by atoms with E-state index in [1.807, 2.05) is 24.3 Å². The van der Waals surface area contributed by atoms with E-state index in [1.165, 1.54) is 0 Å². The lowest BCUT2D eigenvalue weighted by molar-refractivity contribution is 0.415. The van der Waals surface area contributed by atoms with E-state index in [9.17, 15) is 4.39 Å². The number of pyridine rings is 1. The van der Waals surface area contributed by atoms with Crippen LogP contribution in [0.3, 0.4) is 0 Å². The molecule has 0 aliphatic carbocycles. The summed E-state index contributed by atoms with van der Waals surface area (Å²) in [6.45, 7) is -0.313. The highest BCUT2D eigenvalue weighted by atomic mass is 18.2. The molecule has 1 aromatic carbocycles. The molecule has 3 nitrogen and oxygen atoms in total. The van der Waals surface area contributed by atoms with Crippen molar-refractivity contribution in [3.63, 3.8) is 0 Å². The van der Waals surface area contributed by atoms with E-state index >= 15 is 0 Å². The first-order valence-electron chi connectivity index (χ1n) is 6.33. The minimum absolute atomic E-state index is 0.313. The topological polar surface area (TPSA) is 37.9 Å². The number of H-pyrrole nitrogens is 1. The first kappa shape index (κ1) is 12.0. The molecule has 0 aliphatic rings. The quantitative estimate of drug-likeness (QED) is 0.775. The number of rotatable bonds is 4. The summed E-state index contributed by atoms with van der Waals surface area (Å²) in [5.41, 5.74) is 2.94. The van der Waals surface area contributed by atoms with Gasteiger partial charge in [0.05, 0.1) is 30.5 Å². The predicted molar refractivity (Wildman–Crippen MR) is 74.4 cm³/mol. The molecule has 2 aromatic heterocycles. The van der Waals surface area contributed by atoms with Crippen LogP contribution in [0.4, 0.5) is 4.39 Å². The second-order valence-electron chi connectivity index (χ2n) is 4.51. The number of nitrogens with zero attached hydrogens (tertiary/aromatic N) is 1. The van der Waals surface area contributed by atoms with Gasteiger partial charge in [0.25, 0.3) is 0 Å². The van der Waals surface area contributed by atoms with E-state index in [0.717, 1.165) is 33.2 Å². The van der Waals surface area contributed by atoms with Crippen LogP contribution >= 0.6 is 0 Å². The molecular weight excluding hydrogens is 242 g/mol. The van der Waals surface area contributed by atoms with Crippen LogP contribution < -0.4 is 4.74 Å². The standard InChI is InChI=1S/C15H15FN2O/c1-19-10-4-5-11-12-6-8-17-13(3-2-7-16)15(12)18-14(11)9-10/h4-6,8-9,18H,2-3,7H2,1H3/i16-1. The highest BCUT2D eigenvalue weighted by molar-refractivity contribution is 6.08. The number of aryl methyl sites for hydroxylation is 1. The monoisotopic (exact) mass is 257 g/mol. The number of aromatic amines is 1. The van der Waals surface area contributed by atoms with Gasteiger partial charge in [0.15, 0.2) is 0 Å². The summed E-state index contributed by atoms with van der Waals surface area (Å²) in [5.74, 6) is 0.817. The van der Waals surface area contributed by atoms with Crippen LogP contribution in [0.5, 0.6) is 5.75 Å². The van der Waals surface area contributed by atoms with Gasteiger partial charge in [0.2, 0.25) is 0 Å². The Balaban J connectivity index is 2.20. The number of hydrogen-bond donors (Lipinski definition) is 1. The molecule has 0 atom stereocenters. The largest absolute Gasteiger partial charge is 0.497 e. The van der Waals surface area contributed by atoms with Gasteiger partial charge in [-0.1, -0.05) is 0 Å². The predicted octanol–water partition coefficient (Wildman–Crippen LogP) is 3.63. The van der Waals surface area contributed by atoms with Crippen molar-refractivity contribution in [2.75, 3.05) is 13.8 Å². The van der Waals surface area contributed by atoms with E-state index < -0.39 is 0 Å². The van der Waals surface area contributed by atoms with Gasteiger partial charge in [0, 0.05) is 23.0 Å². The molecule has 2 heterocycles. The van der Waals surface area contributed by atoms with Gasteiger partial charge in [-0.3, -0.25) is 9.37 Å². The molecule has 0 amide bonds. The van der Waals surface area contributed by atoms with Crippen molar-refractivity contribution in [2.24, 2.45) is 0 Å². The SMILES string of the molecule is COc1ccc2c(c1)[nH]c1c(CCC[18F])nccc12. The molecule has 0 fully saturated rings. The summed E-state index contributed by atoms with van der Waals surface area (Å²) in [5, 5.41) is 2.27. The van der Waals surface area contributed by atoms with Crippen molar-refractivity contribution in [3.8, 4) is 5.75 Å². The highest BCUT2D eigenvalue weighted by Gasteiger charge is 2.09. The van der Waals surface area contributed by atoms with Crippen molar-refractivity contribution in [1.29, 1.82) is 0 Å². The highest BCUT2D eigenvalue weighted by Crippen LogP contribution is 2.29. The minimum Gasteiger partial charge on any atom is -0.497 e. The Morgan fingerprint density at radius 2 is 2.16 bits per heavy atom. The zero-order chi connectivity index (χ0) is 13.2. The van der Waals surface area contributed by atoms with Crippen molar-refractivity contribution in [3.05, 3.63) is 36.2 Å². The second-order valence-corrected chi connectivity index (χ2v) is 4.51. The Kier molecular flexibility index (Phi) is 3.07. The van der Waals surface area contributed by atoms with Crippen LogP contribution in [0.2, 0.25) is 0 Å². The summed E-state index contributed by atoms with van der Waals surface area (Å²) in [6.07, 6.45) is 2.94. The molecule has 0 spiro atoms. The summed E-state index contributed by atoms with van der Waals surface area (Å²) < 4.78 is 17.6. The number of methoxy groups -OCH3 is 1. The lowest BCUT2D eigenvalue weighted by Gasteiger charge is -1.99. The minimum atomic E-state index is -0.313. The van der Waals surface area contributed by atoms with E-state index in [2.05, 4.69) is 9.97 Å². The number of aromatic nitrogens is 2. The molecule has 0 aliphatic heterocycles. The number of ether oxygens (including phenoxy) is 1. The average Bonchev–Trinajstić information content (AvgIpc) is 2.83. The fourth-order valence-electron chi connectivity index (χ4n) is 2.42. The molecule has 1 N–H and O–H groups in total. The molecule has 19 heavy (non-hydrogen) atoms. The maximum absolute atomic E-state index is 12.3. The average molecular weight is 257 g/mol. The van der Waals surface area contributed by atoms with E-state index in [-0.39, 0.29) is 6.67 Å². The maximum Gasteiger partial charge on any atom is 0.120 e. The summed E-state index contributed by atoms with van der Waals surface area (Å²) in [6, 6.07) is 7.93. The number of hydrogen-bond acceptors (Lipinski definition) is 2. The molecule has 3 rings (SSSR count). The van der Waals surface area contributed by atoms with Gasteiger partial charge in [-0.05, 0) is 31.0 Å². The first-order chi connectivity index (χ1) is 9.33. The van der Waals surface area contributed by atoms with Crippen molar-refractivity contribution in [2.45, 2.75) is 12.8 Å². The van der Waals surface area contributed by atoms with E-state index in [0.29, 0.717) is 12.8 Å². The number of alkyl halides is 1. The third-order valence-corrected chi connectivity index (χ3v) is 3.35. The van der Waals surface area contributed by atoms with Gasteiger partial charge < -0.3 is 9.72 Å².